The number of rotatable bonds is 3. The number of hydrogen-bond donors (Lipinski definition) is 1. The minimum absolute atomic E-state index is 0.000579. The fourth-order valence-corrected chi connectivity index (χ4v) is 3.60. The summed E-state index contributed by atoms with van der Waals surface area (Å²) in [7, 11) is 1.89. The molecule has 0 fully saturated rings. The first-order chi connectivity index (χ1) is 9.02. The SMILES string of the molecule is CNC(c1ccc(F)c(Br)c1)c1ccc(Br)cc1Br. The summed E-state index contributed by atoms with van der Waals surface area (Å²) in [5.74, 6) is -0.256. The van der Waals surface area contributed by atoms with E-state index in [9.17, 15) is 4.39 Å². The summed E-state index contributed by atoms with van der Waals surface area (Å²) in [6.07, 6.45) is 0. The van der Waals surface area contributed by atoms with Gasteiger partial charge in [0, 0.05) is 8.95 Å². The Morgan fingerprint density at radius 3 is 2.32 bits per heavy atom. The molecule has 100 valence electrons. The van der Waals surface area contributed by atoms with Crippen molar-refractivity contribution in [1.82, 2.24) is 5.32 Å². The average Bonchev–Trinajstić information content (AvgIpc) is 2.37. The summed E-state index contributed by atoms with van der Waals surface area (Å²) in [5, 5.41) is 3.25. The van der Waals surface area contributed by atoms with E-state index in [1.165, 1.54) is 6.07 Å². The maximum atomic E-state index is 13.3. The third-order valence-corrected chi connectivity index (χ3v) is 4.63. The number of nitrogens with one attached hydrogen (secondary N) is 1. The largest absolute Gasteiger partial charge is 0.309 e. The molecule has 5 heteroatoms. The van der Waals surface area contributed by atoms with E-state index in [1.54, 1.807) is 12.1 Å². The first-order valence-electron chi connectivity index (χ1n) is 5.60. The van der Waals surface area contributed by atoms with E-state index in [1.807, 2.05) is 25.2 Å². The minimum Gasteiger partial charge on any atom is -0.309 e. The summed E-state index contributed by atoms with van der Waals surface area (Å²) in [6.45, 7) is 0. The van der Waals surface area contributed by atoms with Crippen LogP contribution in [0.5, 0.6) is 0 Å². The summed E-state index contributed by atoms with van der Waals surface area (Å²) in [6, 6.07) is 11.1. The van der Waals surface area contributed by atoms with Gasteiger partial charge in [0.2, 0.25) is 0 Å². The van der Waals surface area contributed by atoms with Gasteiger partial charge in [0.05, 0.1) is 10.5 Å². The first kappa shape index (κ1) is 15.2. The molecule has 1 N–H and O–H groups in total. The highest BCUT2D eigenvalue weighted by Gasteiger charge is 2.16. The van der Waals surface area contributed by atoms with Gasteiger partial charge in [-0.05, 0) is 58.4 Å². The van der Waals surface area contributed by atoms with Crippen molar-refractivity contribution in [2.45, 2.75) is 6.04 Å². The molecule has 0 aliphatic rings. The lowest BCUT2D eigenvalue weighted by Gasteiger charge is -2.19. The number of benzene rings is 2. The molecule has 0 aliphatic carbocycles. The van der Waals surface area contributed by atoms with Crippen molar-refractivity contribution in [3.05, 3.63) is 66.8 Å². The predicted molar refractivity (Wildman–Crippen MR) is 86.8 cm³/mol. The van der Waals surface area contributed by atoms with Gasteiger partial charge in [-0.15, -0.1) is 0 Å². The number of halogens is 4. The second-order valence-electron chi connectivity index (χ2n) is 4.06. The van der Waals surface area contributed by atoms with Crippen molar-refractivity contribution in [2.24, 2.45) is 0 Å². The van der Waals surface area contributed by atoms with Crippen molar-refractivity contribution < 1.29 is 4.39 Å². The Kier molecular flexibility index (Phi) is 5.17. The molecule has 0 spiro atoms. The van der Waals surface area contributed by atoms with Crippen LogP contribution in [0.15, 0.2) is 49.8 Å². The summed E-state index contributed by atoms with van der Waals surface area (Å²) < 4.78 is 15.8. The standard InChI is InChI=1S/C14H11Br3FN/c1-19-14(8-2-5-13(18)12(17)6-8)10-4-3-9(15)7-11(10)16/h2-7,14,19H,1H3. The summed E-state index contributed by atoms with van der Waals surface area (Å²) in [5.41, 5.74) is 2.10. The van der Waals surface area contributed by atoms with Crippen LogP contribution in [-0.4, -0.2) is 7.05 Å². The van der Waals surface area contributed by atoms with Gasteiger partial charge in [-0.1, -0.05) is 44.0 Å². The molecule has 0 bridgehead atoms. The lowest BCUT2D eigenvalue weighted by molar-refractivity contribution is 0.616. The molecule has 0 saturated heterocycles. The molecule has 0 heterocycles. The van der Waals surface area contributed by atoms with E-state index in [0.717, 1.165) is 20.1 Å². The Morgan fingerprint density at radius 2 is 1.74 bits per heavy atom. The third kappa shape index (κ3) is 3.45. The Balaban J connectivity index is 2.46. The fraction of sp³-hybridized carbons (Fsp3) is 0.143. The Labute approximate surface area is 137 Å². The normalized spacial score (nSPS) is 12.5. The van der Waals surface area contributed by atoms with Crippen LogP contribution in [0.3, 0.4) is 0 Å². The smallest absolute Gasteiger partial charge is 0.137 e. The minimum atomic E-state index is -0.256. The molecule has 0 saturated carbocycles. The molecule has 0 aliphatic heterocycles. The van der Waals surface area contributed by atoms with Crippen LogP contribution in [0.4, 0.5) is 4.39 Å². The quantitative estimate of drug-likeness (QED) is 0.656. The lowest BCUT2D eigenvalue weighted by atomic mass is 9.99. The molecular formula is C14H11Br3FN. The molecule has 1 atom stereocenters. The summed E-state index contributed by atoms with van der Waals surface area (Å²) >= 11 is 10.2. The van der Waals surface area contributed by atoms with E-state index >= 15 is 0 Å². The Hall–Kier alpha value is -0.230. The van der Waals surface area contributed by atoms with Gasteiger partial charge in [0.25, 0.3) is 0 Å². The van der Waals surface area contributed by atoms with Crippen LogP contribution in [0.1, 0.15) is 17.2 Å². The molecule has 19 heavy (non-hydrogen) atoms. The zero-order valence-corrected chi connectivity index (χ0v) is 14.8. The highest BCUT2D eigenvalue weighted by Crippen LogP contribution is 2.32. The van der Waals surface area contributed by atoms with E-state index in [0.29, 0.717) is 4.47 Å². The van der Waals surface area contributed by atoms with E-state index in [2.05, 4.69) is 53.1 Å². The van der Waals surface area contributed by atoms with Crippen molar-refractivity contribution in [1.29, 1.82) is 0 Å². The fourth-order valence-electron chi connectivity index (χ4n) is 1.93. The maximum Gasteiger partial charge on any atom is 0.137 e. The van der Waals surface area contributed by atoms with Crippen LogP contribution >= 0.6 is 47.8 Å². The average molecular weight is 452 g/mol. The summed E-state index contributed by atoms with van der Waals surface area (Å²) in [4.78, 5) is 0. The second kappa shape index (κ2) is 6.48. The van der Waals surface area contributed by atoms with Crippen molar-refractivity contribution in [3.8, 4) is 0 Å². The van der Waals surface area contributed by atoms with Crippen LogP contribution < -0.4 is 5.32 Å². The molecule has 0 aromatic heterocycles. The van der Waals surface area contributed by atoms with Crippen molar-refractivity contribution in [3.63, 3.8) is 0 Å². The van der Waals surface area contributed by atoms with Gasteiger partial charge in [-0.3, -0.25) is 0 Å². The second-order valence-corrected chi connectivity index (χ2v) is 6.69. The van der Waals surface area contributed by atoms with Crippen LogP contribution in [0.2, 0.25) is 0 Å². The highest BCUT2D eigenvalue weighted by molar-refractivity contribution is 9.11. The topological polar surface area (TPSA) is 12.0 Å². The van der Waals surface area contributed by atoms with E-state index in [4.69, 9.17) is 0 Å². The first-order valence-corrected chi connectivity index (χ1v) is 7.98. The highest BCUT2D eigenvalue weighted by atomic mass is 79.9. The number of hydrogen-bond acceptors (Lipinski definition) is 1. The molecule has 2 rings (SSSR count). The van der Waals surface area contributed by atoms with Gasteiger partial charge in [0.15, 0.2) is 0 Å². The molecule has 1 unspecified atom stereocenters. The van der Waals surface area contributed by atoms with Crippen molar-refractivity contribution >= 4 is 47.8 Å². The maximum absolute atomic E-state index is 13.3. The van der Waals surface area contributed by atoms with Crippen LogP contribution in [-0.2, 0) is 0 Å². The van der Waals surface area contributed by atoms with E-state index in [-0.39, 0.29) is 11.9 Å². The molecule has 0 amide bonds. The predicted octanol–water partition coefficient (Wildman–Crippen LogP) is 5.42. The van der Waals surface area contributed by atoms with E-state index < -0.39 is 0 Å². The Morgan fingerprint density at radius 1 is 1.00 bits per heavy atom. The van der Waals surface area contributed by atoms with Gasteiger partial charge in [-0.2, -0.15) is 0 Å². The molecule has 2 aromatic rings. The van der Waals surface area contributed by atoms with Gasteiger partial charge in [0.1, 0.15) is 5.82 Å². The zero-order chi connectivity index (χ0) is 14.0. The Bertz CT molecular complexity index is 601. The van der Waals surface area contributed by atoms with Gasteiger partial charge < -0.3 is 5.32 Å². The third-order valence-electron chi connectivity index (χ3n) is 2.84. The lowest BCUT2D eigenvalue weighted by Crippen LogP contribution is -2.18. The molecule has 1 nitrogen and oxygen atoms in total. The zero-order valence-electron chi connectivity index (χ0n) is 10.1. The monoisotopic (exact) mass is 449 g/mol. The van der Waals surface area contributed by atoms with Crippen LogP contribution in [0.25, 0.3) is 0 Å². The van der Waals surface area contributed by atoms with Crippen LogP contribution in [0, 0.1) is 5.82 Å². The molecule has 0 radical (unpaired) electrons. The molecule has 2 aromatic carbocycles. The molecular weight excluding hydrogens is 441 g/mol. The van der Waals surface area contributed by atoms with Crippen molar-refractivity contribution in [2.75, 3.05) is 7.05 Å². The van der Waals surface area contributed by atoms with Gasteiger partial charge >= 0.3 is 0 Å². The van der Waals surface area contributed by atoms with Gasteiger partial charge in [-0.25, -0.2) is 4.39 Å².